The number of amides is 1. The molecule has 1 aliphatic rings. The van der Waals surface area contributed by atoms with Gasteiger partial charge < -0.3 is 19.5 Å². The van der Waals surface area contributed by atoms with Crippen LogP contribution in [-0.4, -0.2) is 22.5 Å². The lowest BCUT2D eigenvalue weighted by molar-refractivity contribution is -0.145. The first-order valence-electron chi connectivity index (χ1n) is 9.80. The number of hydrogen-bond acceptors (Lipinski definition) is 5. The highest BCUT2D eigenvalue weighted by atomic mass is 19.4. The monoisotopic (exact) mass is 447 g/mol. The average molecular weight is 447 g/mol. The molecule has 2 heterocycles. The average Bonchev–Trinajstić information content (AvgIpc) is 3.39. The Labute approximate surface area is 181 Å². The number of nitrogens with one attached hydrogen (secondary N) is 1. The largest absolute Gasteiger partial charge is 0.489 e. The molecule has 2 aromatic carbocycles. The third-order valence-corrected chi connectivity index (χ3v) is 4.73. The second-order valence-electron chi connectivity index (χ2n) is 7.40. The lowest BCUT2D eigenvalue weighted by Crippen LogP contribution is -2.22. The third-order valence-electron chi connectivity index (χ3n) is 4.73. The fourth-order valence-electron chi connectivity index (χ4n) is 3.27. The van der Waals surface area contributed by atoms with Crippen molar-refractivity contribution in [2.75, 3.05) is 12.1 Å². The maximum Gasteiger partial charge on any atom is 0.433 e. The first kappa shape index (κ1) is 21.5. The molecule has 0 aliphatic carbocycles. The van der Waals surface area contributed by atoms with Crippen LogP contribution in [0, 0.1) is 0 Å². The number of carbonyl (C=O) groups is 1. The van der Waals surface area contributed by atoms with Gasteiger partial charge in [-0.15, -0.1) is 0 Å². The Balaban J connectivity index is 1.47. The normalized spacial score (nSPS) is 12.8. The number of anilines is 1. The molecule has 0 saturated carbocycles. The Morgan fingerprint density at radius 3 is 2.72 bits per heavy atom. The van der Waals surface area contributed by atoms with Crippen molar-refractivity contribution < 1.29 is 32.2 Å². The summed E-state index contributed by atoms with van der Waals surface area (Å²) in [6.45, 7) is 3.47. The lowest BCUT2D eigenvalue weighted by Gasteiger charge is -2.15. The second-order valence-corrected chi connectivity index (χ2v) is 7.40. The number of alkyl halides is 3. The summed E-state index contributed by atoms with van der Waals surface area (Å²) in [6, 6.07) is 11.3. The number of fused-ring (bicyclic) bond motifs is 1. The van der Waals surface area contributed by atoms with Crippen LogP contribution in [0.2, 0.25) is 0 Å². The molecule has 168 valence electrons. The van der Waals surface area contributed by atoms with Crippen molar-refractivity contribution in [1.82, 2.24) is 9.78 Å². The molecule has 10 heteroatoms. The van der Waals surface area contributed by atoms with Crippen LogP contribution in [0.15, 0.2) is 48.7 Å². The van der Waals surface area contributed by atoms with Crippen molar-refractivity contribution in [3.63, 3.8) is 0 Å². The summed E-state index contributed by atoms with van der Waals surface area (Å²) in [6.07, 6.45) is -3.78. The van der Waals surface area contributed by atoms with Gasteiger partial charge in [0.05, 0.1) is 11.8 Å². The predicted octanol–water partition coefficient (Wildman–Crippen LogP) is 5.04. The minimum Gasteiger partial charge on any atom is -0.489 e. The first-order valence-corrected chi connectivity index (χ1v) is 9.80. The van der Waals surface area contributed by atoms with E-state index < -0.39 is 29.4 Å². The second kappa shape index (κ2) is 8.45. The van der Waals surface area contributed by atoms with Crippen molar-refractivity contribution in [2.45, 2.75) is 32.7 Å². The molecular weight excluding hydrogens is 427 g/mol. The molecule has 0 unspecified atom stereocenters. The zero-order chi connectivity index (χ0) is 22.9. The van der Waals surface area contributed by atoms with E-state index in [-0.39, 0.29) is 13.4 Å². The van der Waals surface area contributed by atoms with Gasteiger partial charge in [-0.3, -0.25) is 9.48 Å². The van der Waals surface area contributed by atoms with E-state index in [1.807, 2.05) is 0 Å². The predicted molar refractivity (Wildman–Crippen MR) is 109 cm³/mol. The van der Waals surface area contributed by atoms with Gasteiger partial charge in [0.2, 0.25) is 6.79 Å². The van der Waals surface area contributed by atoms with Crippen molar-refractivity contribution >= 4 is 11.6 Å². The van der Waals surface area contributed by atoms with Crippen LogP contribution < -0.4 is 19.5 Å². The van der Waals surface area contributed by atoms with Gasteiger partial charge in [-0.2, -0.15) is 18.3 Å². The summed E-state index contributed by atoms with van der Waals surface area (Å²) in [5.74, 6) is 0.907. The molecule has 0 spiro atoms. The van der Waals surface area contributed by atoms with E-state index in [2.05, 4.69) is 10.4 Å². The number of halogens is 3. The topological polar surface area (TPSA) is 74.6 Å². The van der Waals surface area contributed by atoms with E-state index in [1.165, 1.54) is 0 Å². The van der Waals surface area contributed by atoms with E-state index in [4.69, 9.17) is 14.2 Å². The summed E-state index contributed by atoms with van der Waals surface area (Å²) in [7, 11) is 0. The summed E-state index contributed by atoms with van der Waals surface area (Å²) < 4.78 is 57.7. The zero-order valence-electron chi connectivity index (χ0n) is 17.3. The van der Waals surface area contributed by atoms with Gasteiger partial charge >= 0.3 is 6.18 Å². The Morgan fingerprint density at radius 1 is 1.19 bits per heavy atom. The molecule has 1 aromatic heterocycles. The maximum absolute atomic E-state index is 13.5. The minimum atomic E-state index is -4.71. The van der Waals surface area contributed by atoms with Crippen LogP contribution in [0.4, 0.5) is 18.9 Å². The SMILES string of the molecule is CC(C)n1ncc(C(=O)Nc2cccc(COc3ccc4c(c3)OCO4)c2)c1C(F)(F)F. The molecule has 0 bridgehead atoms. The van der Waals surface area contributed by atoms with Gasteiger partial charge in [0.1, 0.15) is 12.4 Å². The van der Waals surface area contributed by atoms with Crippen LogP contribution in [0.3, 0.4) is 0 Å². The number of rotatable bonds is 6. The summed E-state index contributed by atoms with van der Waals surface area (Å²) in [5.41, 5.74) is -0.554. The van der Waals surface area contributed by atoms with Gasteiger partial charge in [0, 0.05) is 17.8 Å². The smallest absolute Gasteiger partial charge is 0.433 e. The number of benzene rings is 2. The van der Waals surface area contributed by atoms with Crippen molar-refractivity contribution in [3.05, 3.63) is 65.5 Å². The standard InChI is InChI=1S/C22H20F3N3O4/c1-13(2)28-20(22(23,24)25)17(10-26-28)21(29)27-15-5-3-4-14(8-15)11-30-16-6-7-18-19(9-16)32-12-31-18/h3-10,13H,11-12H2,1-2H3,(H,27,29). The van der Waals surface area contributed by atoms with Gasteiger partial charge in [0.25, 0.3) is 5.91 Å². The quantitative estimate of drug-likeness (QED) is 0.573. The van der Waals surface area contributed by atoms with Crippen LogP contribution in [-0.2, 0) is 12.8 Å². The van der Waals surface area contributed by atoms with Crippen LogP contribution >= 0.6 is 0 Å². The zero-order valence-corrected chi connectivity index (χ0v) is 17.3. The number of nitrogens with zero attached hydrogens (tertiary/aromatic N) is 2. The van der Waals surface area contributed by atoms with Crippen LogP contribution in [0.25, 0.3) is 0 Å². The number of carbonyl (C=O) groups excluding carboxylic acids is 1. The minimum absolute atomic E-state index is 0.159. The van der Waals surface area contributed by atoms with E-state index in [0.717, 1.165) is 16.4 Å². The lowest BCUT2D eigenvalue weighted by atomic mass is 10.1. The van der Waals surface area contributed by atoms with Gasteiger partial charge in [0.15, 0.2) is 17.2 Å². The highest BCUT2D eigenvalue weighted by Gasteiger charge is 2.40. The number of ether oxygens (including phenoxy) is 3. The molecule has 1 aliphatic heterocycles. The van der Waals surface area contributed by atoms with Crippen molar-refractivity contribution in [2.24, 2.45) is 0 Å². The van der Waals surface area contributed by atoms with E-state index in [9.17, 15) is 18.0 Å². The number of aromatic nitrogens is 2. The summed E-state index contributed by atoms with van der Waals surface area (Å²) in [5, 5.41) is 6.26. The Kier molecular flexibility index (Phi) is 5.68. The Bertz CT molecular complexity index is 1140. The van der Waals surface area contributed by atoms with Gasteiger partial charge in [-0.1, -0.05) is 12.1 Å². The third kappa shape index (κ3) is 4.48. The highest BCUT2D eigenvalue weighted by molar-refractivity contribution is 6.05. The fourth-order valence-corrected chi connectivity index (χ4v) is 3.27. The molecule has 0 atom stereocenters. The maximum atomic E-state index is 13.5. The van der Waals surface area contributed by atoms with Crippen LogP contribution in [0.1, 0.15) is 41.5 Å². The number of hydrogen-bond donors (Lipinski definition) is 1. The van der Waals surface area contributed by atoms with Crippen molar-refractivity contribution in [3.8, 4) is 17.2 Å². The molecule has 0 fully saturated rings. The van der Waals surface area contributed by atoms with Crippen molar-refractivity contribution in [1.29, 1.82) is 0 Å². The molecule has 7 nitrogen and oxygen atoms in total. The Morgan fingerprint density at radius 2 is 1.97 bits per heavy atom. The fraction of sp³-hybridized carbons (Fsp3) is 0.273. The molecule has 4 rings (SSSR count). The van der Waals surface area contributed by atoms with Gasteiger partial charge in [-0.25, -0.2) is 0 Å². The van der Waals surface area contributed by atoms with Crippen LogP contribution in [0.5, 0.6) is 17.2 Å². The molecule has 32 heavy (non-hydrogen) atoms. The van der Waals surface area contributed by atoms with E-state index in [0.29, 0.717) is 22.9 Å². The summed E-state index contributed by atoms with van der Waals surface area (Å²) in [4.78, 5) is 12.6. The molecule has 3 aromatic rings. The molecule has 1 N–H and O–H groups in total. The van der Waals surface area contributed by atoms with Gasteiger partial charge in [-0.05, 0) is 43.7 Å². The first-order chi connectivity index (χ1) is 15.2. The van der Waals surface area contributed by atoms with E-state index in [1.54, 1.807) is 56.3 Å². The molecule has 1 amide bonds. The van der Waals surface area contributed by atoms with E-state index >= 15 is 0 Å². The highest BCUT2D eigenvalue weighted by Crippen LogP contribution is 2.36. The molecule has 0 radical (unpaired) electrons. The molecular formula is C22H20F3N3O4. The summed E-state index contributed by atoms with van der Waals surface area (Å²) >= 11 is 0. The molecule has 0 saturated heterocycles. The Hall–Kier alpha value is -3.69.